The highest BCUT2D eigenvalue weighted by Crippen LogP contribution is 2.39. The molecule has 1 aromatic rings. The number of hydrogen-bond donors (Lipinski definition) is 0. The van der Waals surface area contributed by atoms with Gasteiger partial charge >= 0.3 is 0 Å². The first-order valence-corrected chi connectivity index (χ1v) is 5.41. The molecule has 3 heteroatoms. The summed E-state index contributed by atoms with van der Waals surface area (Å²) in [6, 6.07) is 1.49. The van der Waals surface area contributed by atoms with Gasteiger partial charge in [-0.25, -0.2) is 4.98 Å². The van der Waals surface area contributed by atoms with Gasteiger partial charge in [0.25, 0.3) is 0 Å². The molecule has 3 heterocycles. The summed E-state index contributed by atoms with van der Waals surface area (Å²) < 4.78 is 0. The van der Waals surface area contributed by atoms with Gasteiger partial charge in [0.15, 0.2) is 0 Å². The molecule has 0 amide bonds. The lowest BCUT2D eigenvalue weighted by Crippen LogP contribution is -2.29. The van der Waals surface area contributed by atoms with Crippen LogP contribution in [0.25, 0.3) is 0 Å². The van der Waals surface area contributed by atoms with Gasteiger partial charge in [-0.1, -0.05) is 0 Å². The molecule has 0 saturated carbocycles. The van der Waals surface area contributed by atoms with Gasteiger partial charge in [0.2, 0.25) is 0 Å². The van der Waals surface area contributed by atoms with E-state index >= 15 is 0 Å². The average Bonchev–Trinajstić information content (AvgIpc) is 2.76. The minimum absolute atomic E-state index is 0.746. The van der Waals surface area contributed by atoms with Crippen molar-refractivity contribution in [2.75, 3.05) is 4.90 Å². The Morgan fingerprint density at radius 1 is 1.14 bits per heavy atom. The van der Waals surface area contributed by atoms with Crippen molar-refractivity contribution < 1.29 is 0 Å². The summed E-state index contributed by atoms with van der Waals surface area (Å²) in [4.78, 5) is 11.3. The first kappa shape index (κ1) is 8.21. The summed E-state index contributed by atoms with van der Waals surface area (Å²) in [7, 11) is 0. The van der Waals surface area contributed by atoms with E-state index in [0.717, 1.165) is 23.6 Å². The van der Waals surface area contributed by atoms with Gasteiger partial charge in [0.1, 0.15) is 5.82 Å². The van der Waals surface area contributed by atoms with Crippen LogP contribution < -0.4 is 4.90 Å². The Labute approximate surface area is 84.2 Å². The quantitative estimate of drug-likeness (QED) is 0.675. The predicted octanol–water partition coefficient (Wildman–Crippen LogP) is 1.92. The van der Waals surface area contributed by atoms with Crippen LogP contribution in [-0.4, -0.2) is 22.1 Å². The molecule has 0 N–H and O–H groups in total. The fourth-order valence-electron chi connectivity index (χ4n) is 2.86. The number of anilines is 1. The standard InChI is InChI=1S/C11H15N3/c1-8-6-12-7-11(13-8)14-9-2-3-10(14)5-4-9/h6-7,9-10H,2-5H2,1H3. The van der Waals surface area contributed by atoms with Crippen LogP contribution in [-0.2, 0) is 0 Å². The van der Waals surface area contributed by atoms with Crippen LogP contribution in [0.15, 0.2) is 12.4 Å². The van der Waals surface area contributed by atoms with Crippen molar-refractivity contribution in [1.29, 1.82) is 0 Å². The maximum absolute atomic E-state index is 4.56. The van der Waals surface area contributed by atoms with Crippen molar-refractivity contribution in [3.63, 3.8) is 0 Å². The van der Waals surface area contributed by atoms with E-state index in [1.54, 1.807) is 0 Å². The second-order valence-corrected chi connectivity index (χ2v) is 4.39. The summed E-state index contributed by atoms with van der Waals surface area (Å²) in [5.41, 5.74) is 1.02. The predicted molar refractivity (Wildman–Crippen MR) is 55.3 cm³/mol. The molecule has 2 fully saturated rings. The largest absolute Gasteiger partial charge is 0.349 e. The third kappa shape index (κ3) is 1.11. The van der Waals surface area contributed by atoms with Crippen LogP contribution in [0.2, 0.25) is 0 Å². The van der Waals surface area contributed by atoms with E-state index in [-0.39, 0.29) is 0 Å². The first-order chi connectivity index (χ1) is 6.84. The van der Waals surface area contributed by atoms with Crippen molar-refractivity contribution in [2.24, 2.45) is 0 Å². The van der Waals surface area contributed by atoms with E-state index in [0.29, 0.717) is 0 Å². The zero-order chi connectivity index (χ0) is 9.54. The molecule has 0 spiro atoms. The van der Waals surface area contributed by atoms with Crippen LogP contribution in [0.5, 0.6) is 0 Å². The fourth-order valence-corrected chi connectivity index (χ4v) is 2.86. The van der Waals surface area contributed by atoms with Gasteiger partial charge in [0.05, 0.1) is 11.9 Å². The number of hydrogen-bond acceptors (Lipinski definition) is 3. The minimum atomic E-state index is 0.746. The third-order valence-corrected chi connectivity index (χ3v) is 3.46. The molecule has 0 unspecified atom stereocenters. The summed E-state index contributed by atoms with van der Waals surface area (Å²) >= 11 is 0. The molecule has 0 aromatic carbocycles. The van der Waals surface area contributed by atoms with Crippen molar-refractivity contribution in [3.8, 4) is 0 Å². The lowest BCUT2D eigenvalue weighted by molar-refractivity contribution is 0.576. The lowest BCUT2D eigenvalue weighted by Gasteiger charge is -2.22. The van der Waals surface area contributed by atoms with E-state index in [1.807, 2.05) is 19.3 Å². The second kappa shape index (κ2) is 2.94. The molecule has 3 rings (SSSR count). The molecule has 3 nitrogen and oxygen atoms in total. The Bertz CT molecular complexity index is 330. The number of nitrogens with zero attached hydrogens (tertiary/aromatic N) is 3. The Morgan fingerprint density at radius 2 is 1.79 bits per heavy atom. The van der Waals surface area contributed by atoms with Gasteiger partial charge in [-0.05, 0) is 32.6 Å². The van der Waals surface area contributed by atoms with Crippen molar-refractivity contribution >= 4 is 5.82 Å². The maximum atomic E-state index is 4.56. The average molecular weight is 189 g/mol. The van der Waals surface area contributed by atoms with Gasteiger partial charge in [-0.3, -0.25) is 4.98 Å². The SMILES string of the molecule is Cc1cncc(N2C3CCC2CC3)n1. The van der Waals surface area contributed by atoms with Crippen molar-refractivity contribution in [3.05, 3.63) is 18.1 Å². The normalized spacial score (nSPS) is 29.9. The highest BCUT2D eigenvalue weighted by molar-refractivity contribution is 5.43. The number of fused-ring (bicyclic) bond motifs is 2. The zero-order valence-electron chi connectivity index (χ0n) is 8.48. The molecule has 74 valence electrons. The van der Waals surface area contributed by atoms with E-state index < -0.39 is 0 Å². The van der Waals surface area contributed by atoms with E-state index in [9.17, 15) is 0 Å². The number of aromatic nitrogens is 2. The molecule has 2 saturated heterocycles. The van der Waals surface area contributed by atoms with Crippen LogP contribution in [0, 0.1) is 6.92 Å². The summed E-state index contributed by atoms with van der Waals surface area (Å²) in [6.45, 7) is 2.01. The lowest BCUT2D eigenvalue weighted by atomic mass is 10.0. The van der Waals surface area contributed by atoms with Crippen LogP contribution in [0.4, 0.5) is 5.82 Å². The van der Waals surface area contributed by atoms with Crippen LogP contribution >= 0.6 is 0 Å². The van der Waals surface area contributed by atoms with Crippen LogP contribution in [0.3, 0.4) is 0 Å². The van der Waals surface area contributed by atoms with Gasteiger partial charge in [-0.2, -0.15) is 0 Å². The second-order valence-electron chi connectivity index (χ2n) is 4.39. The van der Waals surface area contributed by atoms with E-state index in [1.165, 1.54) is 25.7 Å². The molecule has 14 heavy (non-hydrogen) atoms. The molecule has 1 aromatic heterocycles. The highest BCUT2D eigenvalue weighted by Gasteiger charge is 2.39. The molecule has 0 atom stereocenters. The molecule has 2 aliphatic heterocycles. The number of aryl methyl sites for hydroxylation is 1. The monoisotopic (exact) mass is 189 g/mol. The van der Waals surface area contributed by atoms with Crippen molar-refractivity contribution in [2.45, 2.75) is 44.7 Å². The van der Waals surface area contributed by atoms with E-state index in [2.05, 4.69) is 14.9 Å². The Morgan fingerprint density at radius 3 is 2.36 bits per heavy atom. The topological polar surface area (TPSA) is 29.0 Å². The Kier molecular flexibility index (Phi) is 1.72. The molecule has 0 aliphatic carbocycles. The smallest absolute Gasteiger partial charge is 0.147 e. The molecular weight excluding hydrogens is 174 g/mol. The number of rotatable bonds is 1. The summed E-state index contributed by atoms with van der Waals surface area (Å²) in [5.74, 6) is 1.09. The maximum Gasteiger partial charge on any atom is 0.147 e. The summed E-state index contributed by atoms with van der Waals surface area (Å²) in [5, 5.41) is 0. The Balaban J connectivity index is 1.95. The minimum Gasteiger partial charge on any atom is -0.349 e. The van der Waals surface area contributed by atoms with E-state index in [4.69, 9.17) is 0 Å². The Hall–Kier alpha value is -1.12. The zero-order valence-corrected chi connectivity index (χ0v) is 8.48. The van der Waals surface area contributed by atoms with Gasteiger partial charge in [-0.15, -0.1) is 0 Å². The molecule has 2 aliphatic rings. The molecule has 0 radical (unpaired) electrons. The van der Waals surface area contributed by atoms with Gasteiger partial charge < -0.3 is 4.90 Å². The van der Waals surface area contributed by atoms with Gasteiger partial charge in [0, 0.05) is 18.3 Å². The van der Waals surface area contributed by atoms with Crippen molar-refractivity contribution in [1.82, 2.24) is 9.97 Å². The summed E-state index contributed by atoms with van der Waals surface area (Å²) in [6.07, 6.45) is 9.12. The first-order valence-electron chi connectivity index (χ1n) is 5.41. The molecule has 2 bridgehead atoms. The fraction of sp³-hybridized carbons (Fsp3) is 0.636. The highest BCUT2D eigenvalue weighted by atomic mass is 15.3. The third-order valence-electron chi connectivity index (χ3n) is 3.46. The molecular formula is C11H15N3. The van der Waals surface area contributed by atoms with Crippen LogP contribution in [0.1, 0.15) is 31.4 Å².